The molecule has 1 fully saturated rings. The van der Waals surface area contributed by atoms with Crippen LogP contribution in [-0.4, -0.2) is 29.1 Å². The quantitative estimate of drug-likeness (QED) is 0.902. The molecule has 0 unspecified atom stereocenters. The van der Waals surface area contributed by atoms with E-state index >= 15 is 0 Å². The molecule has 1 N–H and O–H groups in total. The van der Waals surface area contributed by atoms with E-state index in [-0.39, 0.29) is 0 Å². The average molecular weight is 251 g/mol. The first-order valence-electron chi connectivity index (χ1n) is 6.11. The van der Waals surface area contributed by atoms with Gasteiger partial charge >= 0.3 is 0 Å². The van der Waals surface area contributed by atoms with E-state index in [1.807, 2.05) is 22.2 Å². The van der Waals surface area contributed by atoms with Crippen LogP contribution in [0, 0.1) is 5.92 Å². The Bertz CT molecular complexity index is 444. The summed E-state index contributed by atoms with van der Waals surface area (Å²) < 4.78 is 7.81. The second kappa shape index (κ2) is 5.16. The van der Waals surface area contributed by atoms with Gasteiger partial charge in [0.2, 0.25) is 0 Å². The predicted molar refractivity (Wildman–Crippen MR) is 68.3 cm³/mol. The average Bonchev–Trinajstić information content (AvgIpc) is 2.91. The third-order valence-electron chi connectivity index (χ3n) is 3.21. The summed E-state index contributed by atoms with van der Waals surface area (Å²) in [5, 5.41) is 5.41. The fraction of sp³-hybridized carbons (Fsp3) is 0.583. The zero-order valence-corrected chi connectivity index (χ0v) is 10.6. The fourth-order valence-electron chi connectivity index (χ4n) is 2.22. The lowest BCUT2D eigenvalue weighted by Crippen LogP contribution is -2.29. The molecule has 0 saturated carbocycles. The van der Waals surface area contributed by atoms with Gasteiger partial charge in [0, 0.05) is 17.8 Å². The number of nitrogens with zero attached hydrogens (tertiary/aromatic N) is 2. The van der Waals surface area contributed by atoms with E-state index in [9.17, 15) is 0 Å². The van der Waals surface area contributed by atoms with E-state index in [1.165, 1.54) is 12.8 Å². The highest BCUT2D eigenvalue weighted by Gasteiger charge is 2.13. The molecule has 5 heteroatoms. The maximum Gasteiger partial charge on any atom is 0.193 e. The van der Waals surface area contributed by atoms with Crippen LogP contribution in [-0.2, 0) is 11.3 Å². The van der Waals surface area contributed by atoms with Crippen LogP contribution in [0.2, 0.25) is 0 Å². The molecule has 0 aliphatic carbocycles. The van der Waals surface area contributed by atoms with Crippen molar-refractivity contribution in [2.24, 2.45) is 5.92 Å². The second-order valence-corrected chi connectivity index (χ2v) is 5.41. The smallest absolute Gasteiger partial charge is 0.193 e. The van der Waals surface area contributed by atoms with Crippen molar-refractivity contribution in [3.05, 3.63) is 23.5 Å². The molecule has 92 valence electrons. The minimum atomic E-state index is 0.637. The number of hydrogen-bond acceptors (Lipinski definition) is 4. The highest BCUT2D eigenvalue weighted by atomic mass is 32.1. The van der Waals surface area contributed by atoms with E-state index < -0.39 is 0 Å². The first-order chi connectivity index (χ1) is 8.42. The summed E-state index contributed by atoms with van der Waals surface area (Å²) in [5.74, 6) is 0.722. The first-order valence-corrected chi connectivity index (χ1v) is 6.99. The molecule has 0 amide bonds. The van der Waals surface area contributed by atoms with Gasteiger partial charge in [-0.05, 0) is 31.8 Å². The lowest BCUT2D eigenvalue weighted by Gasteiger charge is -2.22. The largest absolute Gasteiger partial charge is 0.375 e. The summed E-state index contributed by atoms with van der Waals surface area (Å²) >= 11 is 1.66. The monoisotopic (exact) mass is 251 g/mol. The van der Waals surface area contributed by atoms with Crippen molar-refractivity contribution in [3.63, 3.8) is 0 Å². The molecule has 0 radical (unpaired) electrons. The van der Waals surface area contributed by atoms with E-state index in [0.717, 1.165) is 36.3 Å². The molecule has 1 saturated heterocycles. The van der Waals surface area contributed by atoms with Crippen LogP contribution in [0.1, 0.15) is 18.5 Å². The second-order valence-electron chi connectivity index (χ2n) is 4.53. The normalized spacial score (nSPS) is 17.9. The number of piperidine rings is 1. The number of thiazole rings is 1. The Morgan fingerprint density at radius 3 is 3.18 bits per heavy atom. The van der Waals surface area contributed by atoms with Crippen molar-refractivity contribution in [1.82, 2.24) is 14.7 Å². The van der Waals surface area contributed by atoms with Crippen LogP contribution in [0.3, 0.4) is 0 Å². The van der Waals surface area contributed by atoms with Crippen LogP contribution in [0.25, 0.3) is 4.96 Å². The summed E-state index contributed by atoms with van der Waals surface area (Å²) in [6, 6.07) is 0. The van der Waals surface area contributed by atoms with Crippen LogP contribution >= 0.6 is 11.3 Å². The number of aromatic nitrogens is 2. The molecule has 3 rings (SSSR count). The van der Waals surface area contributed by atoms with Crippen molar-refractivity contribution in [1.29, 1.82) is 0 Å². The Balaban J connectivity index is 1.49. The number of ether oxygens (including phenoxy) is 1. The van der Waals surface area contributed by atoms with E-state index in [4.69, 9.17) is 4.74 Å². The summed E-state index contributed by atoms with van der Waals surface area (Å²) in [6.07, 6.45) is 6.55. The van der Waals surface area contributed by atoms with Gasteiger partial charge in [-0.15, -0.1) is 11.3 Å². The third kappa shape index (κ3) is 2.68. The lowest BCUT2D eigenvalue weighted by molar-refractivity contribution is 0.0746. The number of imidazole rings is 1. The van der Waals surface area contributed by atoms with Gasteiger partial charge < -0.3 is 10.1 Å². The molecule has 1 aliphatic heterocycles. The third-order valence-corrected chi connectivity index (χ3v) is 3.98. The van der Waals surface area contributed by atoms with Gasteiger partial charge in [-0.3, -0.25) is 4.40 Å². The van der Waals surface area contributed by atoms with Gasteiger partial charge in [0.1, 0.15) is 0 Å². The molecule has 2 aromatic rings. The molecule has 17 heavy (non-hydrogen) atoms. The van der Waals surface area contributed by atoms with Crippen LogP contribution in [0.4, 0.5) is 0 Å². The zero-order valence-electron chi connectivity index (χ0n) is 9.76. The van der Waals surface area contributed by atoms with Crippen molar-refractivity contribution in [2.45, 2.75) is 19.4 Å². The van der Waals surface area contributed by atoms with Gasteiger partial charge in [-0.25, -0.2) is 4.98 Å². The molecule has 0 atom stereocenters. The van der Waals surface area contributed by atoms with Crippen molar-refractivity contribution in [3.8, 4) is 0 Å². The molecule has 0 spiro atoms. The summed E-state index contributed by atoms with van der Waals surface area (Å²) in [7, 11) is 0. The predicted octanol–water partition coefficient (Wildman–Crippen LogP) is 1.91. The van der Waals surface area contributed by atoms with Gasteiger partial charge in [0.15, 0.2) is 4.96 Å². The van der Waals surface area contributed by atoms with Gasteiger partial charge in [-0.1, -0.05) is 0 Å². The first kappa shape index (κ1) is 11.2. The summed E-state index contributed by atoms with van der Waals surface area (Å²) in [5.41, 5.74) is 1.03. The Labute approximate surface area is 105 Å². The maximum atomic E-state index is 5.76. The lowest BCUT2D eigenvalue weighted by atomic mass is 9.99. The molecule has 1 aliphatic rings. The Morgan fingerprint density at radius 2 is 2.35 bits per heavy atom. The van der Waals surface area contributed by atoms with Gasteiger partial charge in [0.25, 0.3) is 0 Å². The number of fused-ring (bicyclic) bond motifs is 1. The standard InChI is InChI=1S/C12H17N3OS/c1-3-13-4-2-10(1)8-16-9-11-7-15-5-6-17-12(15)14-11/h5-7,10,13H,1-4,8-9H2. The molecule has 2 aromatic heterocycles. The van der Waals surface area contributed by atoms with Gasteiger partial charge in [0.05, 0.1) is 18.9 Å². The molecule has 4 nitrogen and oxygen atoms in total. The minimum absolute atomic E-state index is 0.637. The maximum absolute atomic E-state index is 5.76. The van der Waals surface area contributed by atoms with E-state index in [0.29, 0.717) is 6.61 Å². The SMILES string of the molecule is c1cn2cc(COCC3CCNCC3)nc2s1. The molecular formula is C12H17N3OS. The van der Waals surface area contributed by atoms with E-state index in [2.05, 4.69) is 10.3 Å². The van der Waals surface area contributed by atoms with E-state index in [1.54, 1.807) is 11.3 Å². The Morgan fingerprint density at radius 1 is 1.47 bits per heavy atom. The molecular weight excluding hydrogens is 234 g/mol. The van der Waals surface area contributed by atoms with Crippen molar-refractivity contribution >= 4 is 16.3 Å². The van der Waals surface area contributed by atoms with Crippen LogP contribution < -0.4 is 5.32 Å². The molecule has 0 bridgehead atoms. The highest BCUT2D eigenvalue weighted by Crippen LogP contribution is 2.14. The van der Waals surface area contributed by atoms with Crippen molar-refractivity contribution < 1.29 is 4.74 Å². The van der Waals surface area contributed by atoms with Crippen LogP contribution in [0.15, 0.2) is 17.8 Å². The summed E-state index contributed by atoms with van der Waals surface area (Å²) in [6.45, 7) is 3.77. The number of hydrogen-bond donors (Lipinski definition) is 1. The Hall–Kier alpha value is -0.910. The fourth-order valence-corrected chi connectivity index (χ4v) is 2.94. The molecule has 0 aromatic carbocycles. The topological polar surface area (TPSA) is 38.6 Å². The summed E-state index contributed by atoms with van der Waals surface area (Å²) in [4.78, 5) is 5.55. The Kier molecular flexibility index (Phi) is 3.40. The zero-order chi connectivity index (χ0) is 11.5. The highest BCUT2D eigenvalue weighted by molar-refractivity contribution is 7.15. The number of rotatable bonds is 4. The minimum Gasteiger partial charge on any atom is -0.375 e. The number of nitrogens with one attached hydrogen (secondary N) is 1. The van der Waals surface area contributed by atoms with Crippen molar-refractivity contribution in [2.75, 3.05) is 19.7 Å². The van der Waals surface area contributed by atoms with Gasteiger partial charge in [-0.2, -0.15) is 0 Å². The van der Waals surface area contributed by atoms with Crippen LogP contribution in [0.5, 0.6) is 0 Å². The molecule has 3 heterocycles.